The highest BCUT2D eigenvalue weighted by Crippen LogP contribution is 2.32. The number of rotatable bonds is 7. The summed E-state index contributed by atoms with van der Waals surface area (Å²) in [6.45, 7) is 6.39. The molecule has 0 radical (unpaired) electrons. The van der Waals surface area contributed by atoms with Crippen molar-refractivity contribution in [3.63, 3.8) is 0 Å². The standard InChI is InChI=1S/C27H28N2O3/c1-19-24-11-7-8-12-25(24)26(31)29(28-19)17-22(30)18-32-23-15-13-21(14-16-23)27(2,3)20-9-5-4-6-10-20/h4-16,22,30H,17-18H2,1-3H3/t22-/m0/s1. The maximum Gasteiger partial charge on any atom is 0.274 e. The van der Waals surface area contributed by atoms with Crippen molar-refractivity contribution < 1.29 is 9.84 Å². The molecule has 0 aliphatic rings. The molecule has 0 fully saturated rings. The predicted molar refractivity (Wildman–Crippen MR) is 127 cm³/mol. The number of hydrogen-bond acceptors (Lipinski definition) is 4. The van der Waals surface area contributed by atoms with Gasteiger partial charge in [0.25, 0.3) is 5.56 Å². The lowest BCUT2D eigenvalue weighted by Crippen LogP contribution is -2.32. The molecule has 4 rings (SSSR count). The van der Waals surface area contributed by atoms with E-state index in [0.717, 1.165) is 11.1 Å². The number of ether oxygens (including phenoxy) is 1. The lowest BCUT2D eigenvalue weighted by Gasteiger charge is -2.26. The van der Waals surface area contributed by atoms with Crippen molar-refractivity contribution in [2.24, 2.45) is 0 Å². The minimum absolute atomic E-state index is 0.0709. The fraction of sp³-hybridized carbons (Fsp3) is 0.259. The van der Waals surface area contributed by atoms with Crippen molar-refractivity contribution >= 4 is 10.8 Å². The van der Waals surface area contributed by atoms with E-state index in [1.165, 1.54) is 15.8 Å². The summed E-state index contributed by atoms with van der Waals surface area (Å²) in [5.74, 6) is 0.673. The minimum Gasteiger partial charge on any atom is -0.491 e. The molecule has 0 spiro atoms. The largest absolute Gasteiger partial charge is 0.491 e. The summed E-state index contributed by atoms with van der Waals surface area (Å²) in [4.78, 5) is 12.7. The SMILES string of the molecule is Cc1nn(C[C@H](O)COc2ccc(C(C)(C)c3ccccc3)cc2)c(=O)c2ccccc12. The number of fused-ring (bicyclic) bond motifs is 1. The van der Waals surface area contributed by atoms with Gasteiger partial charge in [0.1, 0.15) is 18.5 Å². The van der Waals surface area contributed by atoms with Crippen molar-refractivity contribution in [2.75, 3.05) is 6.61 Å². The molecule has 0 amide bonds. The third-order valence-electron chi connectivity index (χ3n) is 5.95. The maximum absolute atomic E-state index is 12.7. The Morgan fingerprint density at radius 2 is 1.50 bits per heavy atom. The topological polar surface area (TPSA) is 64.3 Å². The van der Waals surface area contributed by atoms with Crippen LogP contribution in [0.4, 0.5) is 0 Å². The van der Waals surface area contributed by atoms with Crippen LogP contribution in [0.25, 0.3) is 10.8 Å². The van der Waals surface area contributed by atoms with Crippen molar-refractivity contribution in [2.45, 2.75) is 38.8 Å². The molecule has 4 aromatic rings. The molecule has 0 bridgehead atoms. The van der Waals surface area contributed by atoms with Gasteiger partial charge in [0, 0.05) is 10.8 Å². The number of aromatic nitrogens is 2. The van der Waals surface area contributed by atoms with E-state index in [1.54, 1.807) is 6.07 Å². The van der Waals surface area contributed by atoms with Crippen molar-refractivity contribution in [3.8, 4) is 5.75 Å². The number of aliphatic hydroxyl groups is 1. The summed E-state index contributed by atoms with van der Waals surface area (Å²) in [5.41, 5.74) is 2.84. The first-order chi connectivity index (χ1) is 15.4. The Hall–Kier alpha value is -3.44. The second kappa shape index (κ2) is 8.97. The number of nitrogens with zero attached hydrogens (tertiary/aromatic N) is 2. The van der Waals surface area contributed by atoms with Gasteiger partial charge in [0.05, 0.1) is 17.6 Å². The summed E-state index contributed by atoms with van der Waals surface area (Å²) in [6, 6.07) is 25.7. The van der Waals surface area contributed by atoms with E-state index >= 15 is 0 Å². The summed E-state index contributed by atoms with van der Waals surface area (Å²) < 4.78 is 7.09. The number of aryl methyl sites for hydroxylation is 1. The van der Waals surface area contributed by atoms with Gasteiger partial charge in [-0.1, -0.05) is 74.5 Å². The van der Waals surface area contributed by atoms with Crippen LogP contribution in [0.5, 0.6) is 5.75 Å². The van der Waals surface area contributed by atoms with Gasteiger partial charge < -0.3 is 9.84 Å². The smallest absolute Gasteiger partial charge is 0.274 e. The molecule has 1 aromatic heterocycles. The van der Waals surface area contributed by atoms with Gasteiger partial charge >= 0.3 is 0 Å². The number of benzene rings is 3. The molecule has 0 aliphatic heterocycles. The van der Waals surface area contributed by atoms with E-state index in [-0.39, 0.29) is 24.1 Å². The van der Waals surface area contributed by atoms with E-state index in [2.05, 4.69) is 31.1 Å². The monoisotopic (exact) mass is 428 g/mol. The summed E-state index contributed by atoms with van der Waals surface area (Å²) in [5, 5.41) is 16.2. The Morgan fingerprint density at radius 1 is 0.906 bits per heavy atom. The Labute approximate surface area is 187 Å². The Morgan fingerprint density at radius 3 is 2.19 bits per heavy atom. The minimum atomic E-state index is -0.860. The van der Waals surface area contributed by atoms with Gasteiger partial charge in [-0.05, 0) is 36.2 Å². The number of hydrogen-bond donors (Lipinski definition) is 1. The van der Waals surface area contributed by atoms with E-state index in [1.807, 2.05) is 67.6 Å². The Bertz CT molecular complexity index is 1260. The van der Waals surface area contributed by atoms with E-state index in [9.17, 15) is 9.90 Å². The van der Waals surface area contributed by atoms with Gasteiger partial charge in [-0.25, -0.2) is 4.68 Å². The normalized spacial score (nSPS) is 12.6. The highest BCUT2D eigenvalue weighted by atomic mass is 16.5. The molecule has 5 nitrogen and oxygen atoms in total. The molecule has 1 heterocycles. The fourth-order valence-electron chi connectivity index (χ4n) is 3.96. The van der Waals surface area contributed by atoms with E-state index in [0.29, 0.717) is 11.1 Å². The molecular weight excluding hydrogens is 400 g/mol. The summed E-state index contributed by atoms with van der Waals surface area (Å²) in [7, 11) is 0. The second-order valence-electron chi connectivity index (χ2n) is 8.60. The van der Waals surface area contributed by atoms with Crippen LogP contribution in [-0.2, 0) is 12.0 Å². The van der Waals surface area contributed by atoms with Crippen LogP contribution in [0.2, 0.25) is 0 Å². The Balaban J connectivity index is 1.42. The van der Waals surface area contributed by atoms with Crippen LogP contribution in [0, 0.1) is 6.92 Å². The highest BCUT2D eigenvalue weighted by Gasteiger charge is 2.22. The summed E-state index contributed by atoms with van der Waals surface area (Å²) >= 11 is 0. The lowest BCUT2D eigenvalue weighted by atomic mass is 9.78. The zero-order chi connectivity index (χ0) is 22.7. The molecule has 0 unspecified atom stereocenters. The average Bonchev–Trinajstić information content (AvgIpc) is 2.82. The third-order valence-corrected chi connectivity index (χ3v) is 5.95. The molecule has 0 saturated heterocycles. The van der Waals surface area contributed by atoms with Crippen molar-refractivity contribution in [1.29, 1.82) is 0 Å². The van der Waals surface area contributed by atoms with Crippen LogP contribution in [0.3, 0.4) is 0 Å². The zero-order valence-corrected chi connectivity index (χ0v) is 18.7. The average molecular weight is 429 g/mol. The molecule has 0 saturated carbocycles. The first-order valence-corrected chi connectivity index (χ1v) is 10.8. The van der Waals surface area contributed by atoms with E-state index in [4.69, 9.17) is 4.74 Å². The van der Waals surface area contributed by atoms with E-state index < -0.39 is 6.10 Å². The maximum atomic E-state index is 12.7. The van der Waals surface area contributed by atoms with Crippen LogP contribution >= 0.6 is 0 Å². The van der Waals surface area contributed by atoms with Crippen LogP contribution in [-0.4, -0.2) is 27.6 Å². The molecule has 3 aromatic carbocycles. The molecule has 1 atom stereocenters. The van der Waals surface area contributed by atoms with Crippen molar-refractivity contribution in [3.05, 3.63) is 106 Å². The van der Waals surface area contributed by atoms with Crippen LogP contribution < -0.4 is 10.3 Å². The van der Waals surface area contributed by atoms with Crippen molar-refractivity contribution in [1.82, 2.24) is 9.78 Å². The van der Waals surface area contributed by atoms with Gasteiger partial charge in [0.15, 0.2) is 0 Å². The Kier molecular flexibility index (Phi) is 6.10. The first kappa shape index (κ1) is 21.8. The third kappa shape index (κ3) is 4.43. The predicted octanol–water partition coefficient (Wildman–Crippen LogP) is 4.47. The zero-order valence-electron chi connectivity index (χ0n) is 18.7. The quantitative estimate of drug-likeness (QED) is 0.472. The molecule has 5 heteroatoms. The molecule has 32 heavy (non-hydrogen) atoms. The fourth-order valence-corrected chi connectivity index (χ4v) is 3.96. The van der Waals surface area contributed by atoms with Crippen LogP contribution in [0.15, 0.2) is 83.7 Å². The lowest BCUT2D eigenvalue weighted by molar-refractivity contribution is 0.0880. The number of aliphatic hydroxyl groups excluding tert-OH is 1. The van der Waals surface area contributed by atoms with Gasteiger partial charge in [-0.2, -0.15) is 5.10 Å². The summed E-state index contributed by atoms with van der Waals surface area (Å²) in [6.07, 6.45) is -0.860. The van der Waals surface area contributed by atoms with Gasteiger partial charge in [-0.3, -0.25) is 4.79 Å². The van der Waals surface area contributed by atoms with Crippen LogP contribution in [0.1, 0.15) is 30.7 Å². The molecular formula is C27H28N2O3. The van der Waals surface area contributed by atoms with Gasteiger partial charge in [-0.15, -0.1) is 0 Å². The molecule has 164 valence electrons. The molecule has 0 aliphatic carbocycles. The van der Waals surface area contributed by atoms with Gasteiger partial charge in [0.2, 0.25) is 0 Å². The highest BCUT2D eigenvalue weighted by molar-refractivity contribution is 5.83. The first-order valence-electron chi connectivity index (χ1n) is 10.8. The molecule has 1 N–H and O–H groups in total. The second-order valence-corrected chi connectivity index (χ2v) is 8.60.